The van der Waals surface area contributed by atoms with Crippen molar-refractivity contribution in [3.63, 3.8) is 0 Å². The molecule has 0 unspecified atom stereocenters. The summed E-state index contributed by atoms with van der Waals surface area (Å²) in [4.78, 5) is 0. The molecule has 6 nitrogen and oxygen atoms in total. The Balaban J connectivity index is 0.00000225. The van der Waals surface area contributed by atoms with E-state index in [9.17, 15) is 0 Å². The SMILES string of the molecule is COc1ccccc1CNCCSc1nnnn1-c1ccccc1.Cl. The largest absolute Gasteiger partial charge is 0.496 e. The first-order valence-corrected chi connectivity index (χ1v) is 8.66. The molecule has 0 amide bonds. The fourth-order valence-electron chi connectivity index (χ4n) is 2.29. The van der Waals surface area contributed by atoms with Gasteiger partial charge in [-0.15, -0.1) is 17.5 Å². The van der Waals surface area contributed by atoms with Gasteiger partial charge in [0, 0.05) is 24.4 Å². The third kappa shape index (κ3) is 5.19. The van der Waals surface area contributed by atoms with E-state index in [0.717, 1.165) is 41.0 Å². The molecule has 132 valence electrons. The molecule has 1 aromatic heterocycles. The monoisotopic (exact) mass is 377 g/mol. The molecule has 0 bridgehead atoms. The number of hydrogen-bond acceptors (Lipinski definition) is 6. The summed E-state index contributed by atoms with van der Waals surface area (Å²) >= 11 is 1.63. The lowest BCUT2D eigenvalue weighted by Crippen LogP contribution is -2.17. The Bertz CT molecular complexity index is 768. The van der Waals surface area contributed by atoms with Crippen LogP contribution >= 0.6 is 24.2 Å². The number of benzene rings is 2. The van der Waals surface area contributed by atoms with Gasteiger partial charge in [0.05, 0.1) is 12.8 Å². The van der Waals surface area contributed by atoms with E-state index in [4.69, 9.17) is 4.74 Å². The third-order valence-electron chi connectivity index (χ3n) is 3.46. The fourth-order valence-corrected chi connectivity index (χ4v) is 3.07. The molecule has 0 aliphatic heterocycles. The first-order valence-electron chi connectivity index (χ1n) is 7.67. The lowest BCUT2D eigenvalue weighted by Gasteiger charge is -2.09. The highest BCUT2D eigenvalue weighted by molar-refractivity contribution is 7.99. The molecule has 1 heterocycles. The van der Waals surface area contributed by atoms with Gasteiger partial charge in [-0.2, -0.15) is 4.68 Å². The van der Waals surface area contributed by atoms with Gasteiger partial charge in [-0.05, 0) is 28.6 Å². The van der Waals surface area contributed by atoms with Gasteiger partial charge in [0.15, 0.2) is 0 Å². The lowest BCUT2D eigenvalue weighted by molar-refractivity contribution is 0.408. The normalized spacial score (nSPS) is 10.3. The summed E-state index contributed by atoms with van der Waals surface area (Å²) < 4.78 is 7.11. The highest BCUT2D eigenvalue weighted by atomic mass is 35.5. The molecule has 25 heavy (non-hydrogen) atoms. The molecule has 0 aliphatic rings. The molecule has 0 saturated carbocycles. The van der Waals surface area contributed by atoms with Crippen LogP contribution in [-0.2, 0) is 6.54 Å². The van der Waals surface area contributed by atoms with E-state index in [1.165, 1.54) is 0 Å². The molecule has 8 heteroatoms. The third-order valence-corrected chi connectivity index (χ3v) is 4.38. The van der Waals surface area contributed by atoms with Crippen LogP contribution in [-0.4, -0.2) is 39.6 Å². The van der Waals surface area contributed by atoms with Crippen LogP contribution in [0.25, 0.3) is 5.69 Å². The van der Waals surface area contributed by atoms with Gasteiger partial charge in [0.1, 0.15) is 5.75 Å². The summed E-state index contributed by atoms with van der Waals surface area (Å²) in [5.41, 5.74) is 2.12. The van der Waals surface area contributed by atoms with Gasteiger partial charge >= 0.3 is 0 Å². The number of tetrazole rings is 1. The predicted molar refractivity (Wildman–Crippen MR) is 102 cm³/mol. The zero-order chi connectivity index (χ0) is 16.6. The second kappa shape index (κ2) is 10.0. The Morgan fingerprint density at radius 2 is 1.84 bits per heavy atom. The van der Waals surface area contributed by atoms with Crippen molar-refractivity contribution < 1.29 is 4.74 Å². The molecule has 1 N–H and O–H groups in total. The number of nitrogens with one attached hydrogen (secondary N) is 1. The van der Waals surface area contributed by atoms with Crippen LogP contribution in [0.3, 0.4) is 0 Å². The van der Waals surface area contributed by atoms with Gasteiger partial charge < -0.3 is 10.1 Å². The molecular weight excluding hydrogens is 358 g/mol. The van der Waals surface area contributed by atoms with Crippen LogP contribution in [0.4, 0.5) is 0 Å². The summed E-state index contributed by atoms with van der Waals surface area (Å²) in [7, 11) is 1.69. The summed E-state index contributed by atoms with van der Waals surface area (Å²) in [6.45, 7) is 1.62. The number of rotatable bonds is 8. The van der Waals surface area contributed by atoms with Crippen LogP contribution in [0.5, 0.6) is 5.75 Å². The van der Waals surface area contributed by atoms with Crippen molar-refractivity contribution >= 4 is 24.2 Å². The summed E-state index contributed by atoms with van der Waals surface area (Å²) in [6.07, 6.45) is 0. The number of thioether (sulfide) groups is 1. The first kappa shape index (κ1) is 19.2. The van der Waals surface area contributed by atoms with E-state index in [2.05, 4.69) is 26.9 Å². The van der Waals surface area contributed by atoms with Crippen molar-refractivity contribution in [1.29, 1.82) is 0 Å². The van der Waals surface area contributed by atoms with Gasteiger partial charge in [-0.3, -0.25) is 0 Å². The molecule has 0 spiro atoms. The number of methoxy groups -OCH3 is 1. The van der Waals surface area contributed by atoms with E-state index >= 15 is 0 Å². The Kier molecular flexibility index (Phi) is 7.72. The minimum atomic E-state index is 0. The van der Waals surface area contributed by atoms with E-state index in [1.807, 2.05) is 48.5 Å². The molecular formula is C17H20ClN5OS. The molecule has 0 aliphatic carbocycles. The van der Waals surface area contributed by atoms with Crippen LogP contribution in [0.15, 0.2) is 59.8 Å². The van der Waals surface area contributed by atoms with Crippen LogP contribution < -0.4 is 10.1 Å². The van der Waals surface area contributed by atoms with E-state index < -0.39 is 0 Å². The summed E-state index contributed by atoms with van der Waals surface area (Å²) in [6, 6.07) is 17.9. The molecule has 3 aromatic rings. The minimum Gasteiger partial charge on any atom is -0.496 e. The topological polar surface area (TPSA) is 64.9 Å². The number of hydrogen-bond donors (Lipinski definition) is 1. The zero-order valence-electron chi connectivity index (χ0n) is 13.8. The maximum absolute atomic E-state index is 5.35. The summed E-state index contributed by atoms with van der Waals surface area (Å²) in [5.74, 6) is 1.79. The van der Waals surface area contributed by atoms with Crippen LogP contribution in [0.1, 0.15) is 5.56 Å². The van der Waals surface area contributed by atoms with Crippen molar-refractivity contribution in [3.05, 3.63) is 60.2 Å². The van der Waals surface area contributed by atoms with Crippen molar-refractivity contribution in [2.45, 2.75) is 11.7 Å². The minimum absolute atomic E-state index is 0. The maximum atomic E-state index is 5.35. The molecule has 0 atom stereocenters. The average Bonchev–Trinajstić information content (AvgIpc) is 3.11. The number of halogens is 1. The Morgan fingerprint density at radius 1 is 1.08 bits per heavy atom. The van der Waals surface area contributed by atoms with E-state index in [-0.39, 0.29) is 12.4 Å². The Hall–Kier alpha value is -2.09. The van der Waals surface area contributed by atoms with Crippen molar-refractivity contribution in [2.75, 3.05) is 19.4 Å². The smallest absolute Gasteiger partial charge is 0.214 e. The van der Waals surface area contributed by atoms with Crippen molar-refractivity contribution in [3.8, 4) is 11.4 Å². The number of aromatic nitrogens is 4. The van der Waals surface area contributed by atoms with E-state index in [0.29, 0.717) is 0 Å². The molecule has 0 fully saturated rings. The van der Waals surface area contributed by atoms with E-state index in [1.54, 1.807) is 23.6 Å². The van der Waals surface area contributed by atoms with Crippen LogP contribution in [0.2, 0.25) is 0 Å². The highest BCUT2D eigenvalue weighted by Crippen LogP contribution is 2.18. The van der Waals surface area contributed by atoms with Crippen LogP contribution in [0, 0.1) is 0 Å². The average molecular weight is 378 g/mol. The van der Waals surface area contributed by atoms with Gasteiger partial charge in [-0.1, -0.05) is 48.2 Å². The number of nitrogens with zero attached hydrogens (tertiary/aromatic N) is 4. The zero-order valence-corrected chi connectivity index (χ0v) is 15.5. The fraction of sp³-hybridized carbons (Fsp3) is 0.235. The molecule has 2 aromatic carbocycles. The summed E-state index contributed by atoms with van der Waals surface area (Å²) in [5, 5.41) is 16.1. The van der Waals surface area contributed by atoms with Gasteiger partial charge in [-0.25, -0.2) is 0 Å². The standard InChI is InChI=1S/C17H19N5OS.ClH/c1-23-16-10-6-5-7-14(16)13-18-11-12-24-17-19-20-21-22(17)15-8-3-2-4-9-15;/h2-10,18H,11-13H2,1H3;1H. The quantitative estimate of drug-likeness (QED) is 0.481. The van der Waals surface area contributed by atoms with Gasteiger partial charge in [0.25, 0.3) is 0 Å². The lowest BCUT2D eigenvalue weighted by atomic mass is 10.2. The van der Waals surface area contributed by atoms with Crippen molar-refractivity contribution in [1.82, 2.24) is 25.5 Å². The second-order valence-electron chi connectivity index (χ2n) is 5.05. The number of ether oxygens (including phenoxy) is 1. The van der Waals surface area contributed by atoms with Crippen molar-refractivity contribution in [2.24, 2.45) is 0 Å². The number of para-hydroxylation sites is 2. The molecule has 0 saturated heterocycles. The first-order chi connectivity index (χ1) is 11.9. The Morgan fingerprint density at radius 3 is 2.64 bits per heavy atom. The second-order valence-corrected chi connectivity index (χ2v) is 6.11. The maximum Gasteiger partial charge on any atom is 0.214 e. The highest BCUT2D eigenvalue weighted by Gasteiger charge is 2.08. The predicted octanol–water partition coefficient (Wildman–Crippen LogP) is 2.97. The molecule has 3 rings (SSSR count). The van der Waals surface area contributed by atoms with Gasteiger partial charge in [0.2, 0.25) is 5.16 Å². The Labute approximate surface area is 157 Å². The molecule has 0 radical (unpaired) electrons.